The Labute approximate surface area is 173 Å². The van der Waals surface area contributed by atoms with Crippen molar-refractivity contribution in [2.45, 2.75) is 13.0 Å². The fourth-order valence-electron chi connectivity index (χ4n) is 2.65. The summed E-state index contributed by atoms with van der Waals surface area (Å²) < 4.78 is 5.26. The van der Waals surface area contributed by atoms with Crippen molar-refractivity contribution in [1.29, 1.82) is 0 Å². The Kier molecular flexibility index (Phi) is 6.34. The molecule has 0 fully saturated rings. The van der Waals surface area contributed by atoms with Gasteiger partial charge in [0.2, 0.25) is 0 Å². The van der Waals surface area contributed by atoms with E-state index in [2.05, 4.69) is 5.32 Å². The number of halogens is 2. The van der Waals surface area contributed by atoms with Crippen molar-refractivity contribution in [3.8, 4) is 11.1 Å². The molecule has 1 N–H and O–H groups in total. The third-order valence-electron chi connectivity index (χ3n) is 4.02. The number of ether oxygens (including phenoxy) is 1. The van der Waals surface area contributed by atoms with E-state index in [0.29, 0.717) is 15.7 Å². The summed E-state index contributed by atoms with van der Waals surface area (Å²) in [4.78, 5) is 24.8. The number of rotatable bonds is 5. The number of hydrogen-bond acceptors (Lipinski definition) is 3. The molecule has 0 radical (unpaired) electrons. The molecule has 0 saturated carbocycles. The molecule has 0 aromatic heterocycles. The Morgan fingerprint density at radius 1 is 0.893 bits per heavy atom. The van der Waals surface area contributed by atoms with Gasteiger partial charge in [0.25, 0.3) is 5.91 Å². The minimum Gasteiger partial charge on any atom is -0.449 e. The lowest BCUT2D eigenvalue weighted by atomic mass is 10.0. The molecule has 0 aliphatic rings. The second-order valence-corrected chi connectivity index (χ2v) is 6.98. The average Bonchev–Trinajstić information content (AvgIpc) is 2.68. The molecule has 0 unspecified atom stereocenters. The number of hydrogen-bond donors (Lipinski definition) is 1. The van der Waals surface area contributed by atoms with Gasteiger partial charge in [0.15, 0.2) is 6.10 Å². The molecule has 28 heavy (non-hydrogen) atoms. The molecule has 0 saturated heterocycles. The van der Waals surface area contributed by atoms with Crippen molar-refractivity contribution in [2.75, 3.05) is 5.32 Å². The summed E-state index contributed by atoms with van der Waals surface area (Å²) in [6.45, 7) is 1.50. The largest absolute Gasteiger partial charge is 0.449 e. The van der Waals surface area contributed by atoms with Crippen LogP contribution in [-0.2, 0) is 9.53 Å². The number of benzene rings is 3. The standard InChI is InChI=1S/C22H17Cl2NO3/c1-14(28-22(27)16-11-17(23)13-18(24)12-16)21(26)25-20-10-6-5-9-19(20)15-7-3-2-4-8-15/h2-14H,1H3,(H,25,26)/t14-/m1/s1. The van der Waals surface area contributed by atoms with Crippen molar-refractivity contribution in [1.82, 2.24) is 0 Å². The predicted molar refractivity (Wildman–Crippen MR) is 112 cm³/mol. The number of para-hydroxylation sites is 1. The van der Waals surface area contributed by atoms with Gasteiger partial charge in [-0.3, -0.25) is 4.79 Å². The van der Waals surface area contributed by atoms with Gasteiger partial charge in [-0.1, -0.05) is 71.7 Å². The zero-order valence-corrected chi connectivity index (χ0v) is 16.5. The Morgan fingerprint density at radius 2 is 1.50 bits per heavy atom. The number of carbonyl (C=O) groups excluding carboxylic acids is 2. The Bertz CT molecular complexity index is 985. The maximum atomic E-state index is 12.6. The fraction of sp³-hybridized carbons (Fsp3) is 0.0909. The molecule has 142 valence electrons. The quantitative estimate of drug-likeness (QED) is 0.534. The van der Waals surface area contributed by atoms with Crippen LogP contribution in [0, 0.1) is 0 Å². The van der Waals surface area contributed by atoms with Gasteiger partial charge in [0.05, 0.1) is 5.56 Å². The van der Waals surface area contributed by atoms with E-state index >= 15 is 0 Å². The monoisotopic (exact) mass is 413 g/mol. The van der Waals surface area contributed by atoms with Crippen molar-refractivity contribution >= 4 is 40.8 Å². The first-order valence-electron chi connectivity index (χ1n) is 8.56. The minimum atomic E-state index is -1.01. The zero-order valence-electron chi connectivity index (χ0n) is 15.0. The molecule has 6 heteroatoms. The van der Waals surface area contributed by atoms with Crippen molar-refractivity contribution in [2.24, 2.45) is 0 Å². The molecular formula is C22H17Cl2NO3. The van der Waals surface area contributed by atoms with Crippen molar-refractivity contribution < 1.29 is 14.3 Å². The Balaban J connectivity index is 1.72. The van der Waals surface area contributed by atoms with Crippen molar-refractivity contribution in [3.63, 3.8) is 0 Å². The number of anilines is 1. The topological polar surface area (TPSA) is 55.4 Å². The van der Waals surface area contributed by atoms with E-state index in [0.717, 1.165) is 11.1 Å². The fourth-order valence-corrected chi connectivity index (χ4v) is 3.18. The van der Waals surface area contributed by atoms with Crippen LogP contribution in [0.15, 0.2) is 72.8 Å². The number of nitrogens with one attached hydrogen (secondary N) is 1. The molecule has 0 aliphatic heterocycles. The smallest absolute Gasteiger partial charge is 0.339 e. The van der Waals surface area contributed by atoms with Gasteiger partial charge in [0, 0.05) is 21.3 Å². The lowest BCUT2D eigenvalue weighted by molar-refractivity contribution is -0.123. The van der Waals surface area contributed by atoms with Crippen molar-refractivity contribution in [3.05, 3.63) is 88.4 Å². The molecule has 0 aliphatic carbocycles. The third-order valence-corrected chi connectivity index (χ3v) is 4.46. The first-order valence-corrected chi connectivity index (χ1v) is 9.32. The van der Waals surface area contributed by atoms with Gasteiger partial charge in [0.1, 0.15) is 0 Å². The Hall–Kier alpha value is -2.82. The van der Waals surface area contributed by atoms with Crippen LogP contribution in [-0.4, -0.2) is 18.0 Å². The van der Waals surface area contributed by atoms with E-state index in [1.54, 1.807) is 6.07 Å². The first kappa shape index (κ1) is 19.9. The van der Waals surface area contributed by atoms with Gasteiger partial charge in [-0.25, -0.2) is 4.79 Å². The van der Waals surface area contributed by atoms with E-state index in [-0.39, 0.29) is 5.56 Å². The van der Waals surface area contributed by atoms with E-state index < -0.39 is 18.0 Å². The summed E-state index contributed by atoms with van der Waals surface area (Å²) in [5.74, 6) is -1.12. The summed E-state index contributed by atoms with van der Waals surface area (Å²) in [7, 11) is 0. The lowest BCUT2D eigenvalue weighted by Gasteiger charge is -2.16. The predicted octanol–water partition coefficient (Wildman–Crippen LogP) is 5.84. The normalized spacial score (nSPS) is 11.5. The summed E-state index contributed by atoms with van der Waals surface area (Å²) in [5.41, 5.74) is 2.66. The van der Waals surface area contributed by atoms with E-state index in [9.17, 15) is 9.59 Å². The molecule has 3 aromatic carbocycles. The highest BCUT2D eigenvalue weighted by Gasteiger charge is 2.20. The second-order valence-electron chi connectivity index (χ2n) is 6.11. The Morgan fingerprint density at radius 3 is 2.18 bits per heavy atom. The molecule has 4 nitrogen and oxygen atoms in total. The van der Waals surface area contributed by atoms with Gasteiger partial charge in [-0.05, 0) is 36.8 Å². The van der Waals surface area contributed by atoms with Gasteiger partial charge in [-0.2, -0.15) is 0 Å². The van der Waals surface area contributed by atoms with E-state index in [1.165, 1.54) is 25.1 Å². The summed E-state index contributed by atoms with van der Waals surface area (Å²) in [6.07, 6.45) is -1.01. The van der Waals surface area contributed by atoms with Crippen LogP contribution >= 0.6 is 23.2 Å². The molecule has 1 atom stereocenters. The number of amides is 1. The molecule has 3 aromatic rings. The number of carbonyl (C=O) groups is 2. The van der Waals surface area contributed by atoms with E-state index in [1.807, 2.05) is 48.5 Å². The summed E-state index contributed by atoms with van der Waals surface area (Å²) >= 11 is 11.8. The highest BCUT2D eigenvalue weighted by atomic mass is 35.5. The van der Waals surface area contributed by atoms with Gasteiger partial charge >= 0.3 is 5.97 Å². The molecule has 0 heterocycles. The van der Waals surface area contributed by atoms with E-state index in [4.69, 9.17) is 27.9 Å². The highest BCUT2D eigenvalue weighted by molar-refractivity contribution is 6.35. The summed E-state index contributed by atoms with van der Waals surface area (Å²) in [6, 6.07) is 21.5. The third kappa shape index (κ3) is 4.91. The first-order chi connectivity index (χ1) is 13.4. The van der Waals surface area contributed by atoms with Crippen LogP contribution in [0.3, 0.4) is 0 Å². The average molecular weight is 414 g/mol. The maximum Gasteiger partial charge on any atom is 0.339 e. The SMILES string of the molecule is C[C@@H](OC(=O)c1cc(Cl)cc(Cl)c1)C(=O)Nc1ccccc1-c1ccccc1. The molecule has 0 bridgehead atoms. The van der Waals surface area contributed by atoms with Crippen LogP contribution in [0.5, 0.6) is 0 Å². The van der Waals surface area contributed by atoms with Gasteiger partial charge in [-0.15, -0.1) is 0 Å². The van der Waals surface area contributed by atoms with Crippen LogP contribution in [0.4, 0.5) is 5.69 Å². The molecule has 3 rings (SSSR count). The van der Waals surface area contributed by atoms with Crippen LogP contribution in [0.2, 0.25) is 10.0 Å². The van der Waals surface area contributed by atoms with Crippen LogP contribution in [0.1, 0.15) is 17.3 Å². The zero-order chi connectivity index (χ0) is 20.1. The lowest BCUT2D eigenvalue weighted by Crippen LogP contribution is -2.30. The highest BCUT2D eigenvalue weighted by Crippen LogP contribution is 2.28. The molecular weight excluding hydrogens is 397 g/mol. The number of esters is 1. The second kappa shape index (κ2) is 8.91. The van der Waals surface area contributed by atoms with Crippen LogP contribution < -0.4 is 5.32 Å². The summed E-state index contributed by atoms with van der Waals surface area (Å²) in [5, 5.41) is 3.45. The van der Waals surface area contributed by atoms with Crippen LogP contribution in [0.25, 0.3) is 11.1 Å². The minimum absolute atomic E-state index is 0.182. The van der Waals surface area contributed by atoms with Gasteiger partial charge < -0.3 is 10.1 Å². The molecule has 0 spiro atoms. The maximum absolute atomic E-state index is 12.6. The molecule has 1 amide bonds.